The molecule has 2 atom stereocenters. The van der Waals surface area contributed by atoms with Crippen LogP contribution in [0.1, 0.15) is 450 Å². The van der Waals surface area contributed by atoms with Gasteiger partial charge in [-0.05, 0) is 57.8 Å². The molecule has 86 heavy (non-hydrogen) atoms. The van der Waals surface area contributed by atoms with E-state index < -0.39 is 12.1 Å². The van der Waals surface area contributed by atoms with Crippen LogP contribution in [0.15, 0.2) is 24.3 Å². The molecule has 510 valence electrons. The fourth-order valence-electron chi connectivity index (χ4n) is 12.7. The Labute approximate surface area is 539 Å². The van der Waals surface area contributed by atoms with Crippen molar-refractivity contribution in [3.8, 4) is 0 Å². The van der Waals surface area contributed by atoms with Crippen LogP contribution < -0.4 is 5.32 Å². The molecule has 1 amide bonds. The van der Waals surface area contributed by atoms with E-state index in [1.807, 2.05) is 0 Å². The monoisotopic (exact) mass is 1210 g/mol. The zero-order chi connectivity index (χ0) is 62.0. The van der Waals surface area contributed by atoms with E-state index in [0.29, 0.717) is 25.9 Å². The zero-order valence-electron chi connectivity index (χ0n) is 58.6. The second-order valence-corrected chi connectivity index (χ2v) is 27.4. The van der Waals surface area contributed by atoms with E-state index in [1.165, 1.54) is 366 Å². The lowest BCUT2D eigenvalue weighted by Gasteiger charge is -2.22. The van der Waals surface area contributed by atoms with Gasteiger partial charge in [0, 0.05) is 12.8 Å². The minimum atomic E-state index is -0.665. The lowest BCUT2D eigenvalue weighted by atomic mass is 10.0. The van der Waals surface area contributed by atoms with Crippen LogP contribution in [0.3, 0.4) is 0 Å². The molecule has 0 aromatic rings. The first kappa shape index (κ1) is 84.3. The van der Waals surface area contributed by atoms with Gasteiger partial charge in [0.2, 0.25) is 5.91 Å². The molecule has 2 unspecified atom stereocenters. The van der Waals surface area contributed by atoms with Gasteiger partial charge in [-0.2, -0.15) is 0 Å². The van der Waals surface area contributed by atoms with Crippen LogP contribution in [-0.2, 0) is 14.3 Å². The van der Waals surface area contributed by atoms with Gasteiger partial charge in [0.05, 0.1) is 25.4 Å². The van der Waals surface area contributed by atoms with Crippen LogP contribution in [0.4, 0.5) is 0 Å². The molecule has 0 heterocycles. The maximum atomic E-state index is 12.6. The van der Waals surface area contributed by atoms with Crippen molar-refractivity contribution >= 4 is 11.9 Å². The Morgan fingerprint density at radius 1 is 0.326 bits per heavy atom. The van der Waals surface area contributed by atoms with Gasteiger partial charge < -0.3 is 20.3 Å². The molecule has 0 aliphatic heterocycles. The third kappa shape index (κ3) is 71.4. The summed E-state index contributed by atoms with van der Waals surface area (Å²) in [6.45, 7) is 4.98. The Hall–Kier alpha value is -1.66. The average Bonchev–Trinajstić information content (AvgIpc) is 3.53. The highest BCUT2D eigenvalue weighted by atomic mass is 16.5. The van der Waals surface area contributed by atoms with Crippen LogP contribution in [0.25, 0.3) is 0 Å². The number of esters is 1. The third-order valence-corrected chi connectivity index (χ3v) is 18.8. The summed E-state index contributed by atoms with van der Waals surface area (Å²) in [4.78, 5) is 24.7. The zero-order valence-corrected chi connectivity index (χ0v) is 58.6. The predicted octanol–water partition coefficient (Wildman–Crippen LogP) is 26.0. The number of nitrogens with one attached hydrogen (secondary N) is 1. The third-order valence-electron chi connectivity index (χ3n) is 18.8. The average molecular weight is 1210 g/mol. The van der Waals surface area contributed by atoms with Crippen molar-refractivity contribution < 1.29 is 24.5 Å². The number of unbranched alkanes of at least 4 members (excludes halogenated alkanes) is 60. The molecule has 0 rings (SSSR count). The smallest absolute Gasteiger partial charge is 0.305 e. The molecule has 0 aliphatic rings. The number of aliphatic hydroxyl groups is 2. The molecule has 3 N–H and O–H groups in total. The molecule has 0 saturated heterocycles. The highest BCUT2D eigenvalue weighted by Gasteiger charge is 2.20. The van der Waals surface area contributed by atoms with E-state index in [9.17, 15) is 19.8 Å². The summed E-state index contributed by atoms with van der Waals surface area (Å²) in [6.07, 6.45) is 96.9. The largest absolute Gasteiger partial charge is 0.466 e. The molecular weight excluding hydrogens is 1050 g/mol. The SMILES string of the molecule is CCCCC/C=C\C/C=C\CCCCCCCCCCCC(=O)OCCCCCCCCCCCCCCCCCCCCCCCCCCCC(=O)NC(CO)C(O)CCCCCCCCCCCCCCCCCCCCCCCCCCC. The maximum Gasteiger partial charge on any atom is 0.305 e. The van der Waals surface area contributed by atoms with E-state index in [2.05, 4.69) is 43.5 Å². The Balaban J connectivity index is 3.35. The van der Waals surface area contributed by atoms with Crippen molar-refractivity contribution in [3.05, 3.63) is 24.3 Å². The number of rotatable bonds is 75. The van der Waals surface area contributed by atoms with E-state index in [4.69, 9.17) is 4.74 Å². The quantitative estimate of drug-likeness (QED) is 0.0320. The fraction of sp³-hybridized carbons (Fsp3) is 0.925. The molecule has 0 bridgehead atoms. The van der Waals surface area contributed by atoms with E-state index in [-0.39, 0.29) is 18.5 Å². The first-order chi connectivity index (χ1) is 42.5. The van der Waals surface area contributed by atoms with Gasteiger partial charge in [-0.15, -0.1) is 0 Å². The Kier molecular flexibility index (Phi) is 74.3. The second-order valence-electron chi connectivity index (χ2n) is 27.4. The lowest BCUT2D eigenvalue weighted by Crippen LogP contribution is -2.45. The minimum Gasteiger partial charge on any atom is -0.466 e. The van der Waals surface area contributed by atoms with Crippen LogP contribution in [0.2, 0.25) is 0 Å². The Morgan fingerprint density at radius 3 is 0.907 bits per heavy atom. The van der Waals surface area contributed by atoms with Gasteiger partial charge in [0.1, 0.15) is 0 Å². The van der Waals surface area contributed by atoms with Gasteiger partial charge in [-0.25, -0.2) is 0 Å². The van der Waals surface area contributed by atoms with Crippen LogP contribution in [-0.4, -0.2) is 47.4 Å². The number of ether oxygens (including phenoxy) is 1. The number of allylic oxidation sites excluding steroid dienone is 4. The summed E-state index contributed by atoms with van der Waals surface area (Å²) in [7, 11) is 0. The van der Waals surface area contributed by atoms with Crippen LogP contribution >= 0.6 is 0 Å². The highest BCUT2D eigenvalue weighted by Crippen LogP contribution is 2.20. The Bertz CT molecular complexity index is 1350. The molecule has 0 aromatic heterocycles. The van der Waals surface area contributed by atoms with Crippen molar-refractivity contribution in [2.24, 2.45) is 0 Å². The summed E-state index contributed by atoms with van der Waals surface area (Å²) in [5.74, 6) is -0.0134. The summed E-state index contributed by atoms with van der Waals surface area (Å²) in [5.41, 5.74) is 0. The molecular formula is C80H155NO5. The van der Waals surface area contributed by atoms with Crippen LogP contribution in [0.5, 0.6) is 0 Å². The topological polar surface area (TPSA) is 95.9 Å². The summed E-state index contributed by atoms with van der Waals surface area (Å²) >= 11 is 0. The molecule has 0 aliphatic carbocycles. The number of carbonyl (C=O) groups is 2. The van der Waals surface area contributed by atoms with Crippen molar-refractivity contribution in [2.75, 3.05) is 13.2 Å². The van der Waals surface area contributed by atoms with Crippen molar-refractivity contribution in [3.63, 3.8) is 0 Å². The standard InChI is InChI=1S/C80H155NO5/c1-3-5-7-9-11-13-15-17-19-21-23-24-25-27-30-33-37-40-44-48-52-56-60-64-68-72-78(83)77(76-82)81-79(84)73-69-65-61-57-53-49-45-41-38-34-31-28-26-29-32-35-39-43-47-51-55-59-63-67-71-75-86-80(85)74-70-66-62-58-54-50-46-42-36-22-20-18-16-14-12-10-8-6-4-2/h12,14,18,20,77-78,82-83H,3-11,13,15-17,19,21-76H2,1-2H3,(H,81,84)/b14-12-,20-18-. The van der Waals surface area contributed by atoms with E-state index in [1.54, 1.807) is 0 Å². The lowest BCUT2D eigenvalue weighted by molar-refractivity contribution is -0.143. The van der Waals surface area contributed by atoms with Gasteiger partial charge in [0.25, 0.3) is 0 Å². The minimum absolute atomic E-state index is 0.0140. The first-order valence-corrected chi connectivity index (χ1v) is 39.6. The van der Waals surface area contributed by atoms with Crippen molar-refractivity contribution in [2.45, 2.75) is 463 Å². The number of hydrogen-bond acceptors (Lipinski definition) is 5. The number of aliphatic hydroxyl groups excluding tert-OH is 2. The number of hydrogen-bond donors (Lipinski definition) is 3. The van der Waals surface area contributed by atoms with Gasteiger partial charge in [-0.1, -0.05) is 404 Å². The summed E-state index contributed by atoms with van der Waals surface area (Å²) in [5, 5.41) is 23.5. The molecule has 0 saturated carbocycles. The summed E-state index contributed by atoms with van der Waals surface area (Å²) < 4.78 is 5.51. The summed E-state index contributed by atoms with van der Waals surface area (Å²) in [6, 6.07) is -0.542. The predicted molar refractivity (Wildman–Crippen MR) is 380 cm³/mol. The molecule has 0 radical (unpaired) electrons. The van der Waals surface area contributed by atoms with Gasteiger partial charge in [-0.3, -0.25) is 9.59 Å². The first-order valence-electron chi connectivity index (χ1n) is 39.6. The van der Waals surface area contributed by atoms with Crippen molar-refractivity contribution in [1.29, 1.82) is 0 Å². The normalized spacial score (nSPS) is 12.6. The van der Waals surface area contributed by atoms with Gasteiger partial charge in [0.15, 0.2) is 0 Å². The maximum absolute atomic E-state index is 12.6. The molecule has 6 nitrogen and oxygen atoms in total. The molecule has 0 fully saturated rings. The number of amides is 1. The van der Waals surface area contributed by atoms with Crippen molar-refractivity contribution in [1.82, 2.24) is 5.32 Å². The fourth-order valence-corrected chi connectivity index (χ4v) is 12.7. The van der Waals surface area contributed by atoms with Gasteiger partial charge >= 0.3 is 5.97 Å². The second kappa shape index (κ2) is 75.8. The van der Waals surface area contributed by atoms with E-state index >= 15 is 0 Å². The highest BCUT2D eigenvalue weighted by molar-refractivity contribution is 5.76. The molecule has 0 aromatic carbocycles. The van der Waals surface area contributed by atoms with Crippen LogP contribution in [0, 0.1) is 0 Å². The number of carbonyl (C=O) groups excluding carboxylic acids is 2. The molecule has 0 spiro atoms. The van der Waals surface area contributed by atoms with E-state index in [0.717, 1.165) is 51.4 Å². The Morgan fingerprint density at radius 2 is 0.581 bits per heavy atom. The molecule has 6 heteroatoms.